The maximum absolute atomic E-state index is 12.4. The lowest BCUT2D eigenvalue weighted by atomic mass is 9.83. The molecule has 6 nitrogen and oxygen atoms in total. The van der Waals surface area contributed by atoms with Gasteiger partial charge >= 0.3 is 0 Å². The van der Waals surface area contributed by atoms with Crippen molar-refractivity contribution in [3.05, 3.63) is 17.9 Å². The van der Waals surface area contributed by atoms with Crippen LogP contribution in [0, 0.1) is 0 Å². The quantitative estimate of drug-likeness (QED) is 0.867. The minimum atomic E-state index is -3.59. The van der Waals surface area contributed by atoms with Gasteiger partial charge in [0.2, 0.25) is 5.09 Å². The Labute approximate surface area is 125 Å². The van der Waals surface area contributed by atoms with Gasteiger partial charge in [0.05, 0.1) is 6.54 Å². The molecule has 3 heterocycles. The summed E-state index contributed by atoms with van der Waals surface area (Å²) in [6.45, 7) is 0.202. The molecule has 2 unspecified atom stereocenters. The molecule has 0 spiro atoms. The molecule has 2 bridgehead atoms. The summed E-state index contributed by atoms with van der Waals surface area (Å²) in [7, 11) is -1.44. The molecule has 2 aliphatic heterocycles. The summed E-state index contributed by atoms with van der Waals surface area (Å²) < 4.78 is 32.8. The summed E-state index contributed by atoms with van der Waals surface area (Å²) in [5.41, 5.74) is 5.45. The first-order chi connectivity index (χ1) is 9.99. The van der Waals surface area contributed by atoms with Crippen molar-refractivity contribution in [2.45, 2.75) is 61.9 Å². The summed E-state index contributed by atoms with van der Waals surface area (Å²) in [5.74, 6) is 0.482. The van der Waals surface area contributed by atoms with Crippen LogP contribution in [0.1, 0.15) is 37.9 Å². The van der Waals surface area contributed by atoms with E-state index in [1.54, 1.807) is 6.07 Å². The molecule has 3 rings (SSSR count). The van der Waals surface area contributed by atoms with E-state index in [2.05, 4.69) is 16.7 Å². The Morgan fingerprint density at radius 3 is 2.57 bits per heavy atom. The molecule has 118 valence electrons. The Kier molecular flexibility index (Phi) is 4.09. The largest absolute Gasteiger partial charge is 0.447 e. The highest BCUT2D eigenvalue weighted by molar-refractivity contribution is 7.89. The molecule has 2 aliphatic rings. The van der Waals surface area contributed by atoms with Gasteiger partial charge in [-0.3, -0.25) is 0 Å². The second-order valence-corrected chi connectivity index (χ2v) is 7.76. The van der Waals surface area contributed by atoms with Gasteiger partial charge in [0, 0.05) is 18.1 Å². The molecule has 0 amide bonds. The summed E-state index contributed by atoms with van der Waals surface area (Å²) in [6, 6.07) is 4.05. The number of piperidine rings is 2. The molecule has 3 N–H and O–H groups in total. The number of nitrogens with one attached hydrogen (secondary N) is 1. The zero-order valence-corrected chi connectivity index (χ0v) is 13.1. The van der Waals surface area contributed by atoms with Crippen molar-refractivity contribution in [3.8, 4) is 0 Å². The predicted molar refractivity (Wildman–Crippen MR) is 79.1 cm³/mol. The first-order valence-electron chi connectivity index (χ1n) is 7.52. The van der Waals surface area contributed by atoms with E-state index >= 15 is 0 Å². The highest BCUT2D eigenvalue weighted by Gasteiger charge is 2.37. The fourth-order valence-corrected chi connectivity index (χ4v) is 4.81. The van der Waals surface area contributed by atoms with Gasteiger partial charge in [0.25, 0.3) is 10.0 Å². The van der Waals surface area contributed by atoms with E-state index < -0.39 is 10.0 Å². The third kappa shape index (κ3) is 3.01. The molecule has 7 heteroatoms. The topological polar surface area (TPSA) is 88.6 Å². The van der Waals surface area contributed by atoms with Crippen LogP contribution in [0.15, 0.2) is 21.6 Å². The smallest absolute Gasteiger partial charge is 0.274 e. The molecule has 2 fully saturated rings. The van der Waals surface area contributed by atoms with Crippen LogP contribution in [-0.2, 0) is 16.6 Å². The van der Waals surface area contributed by atoms with E-state index in [0.717, 1.165) is 25.7 Å². The number of sulfonamides is 1. The van der Waals surface area contributed by atoms with Crippen molar-refractivity contribution >= 4 is 10.0 Å². The van der Waals surface area contributed by atoms with Crippen LogP contribution >= 0.6 is 0 Å². The number of fused-ring (bicyclic) bond motifs is 2. The third-order valence-electron chi connectivity index (χ3n) is 4.76. The van der Waals surface area contributed by atoms with Crippen molar-refractivity contribution in [2.75, 3.05) is 7.05 Å². The van der Waals surface area contributed by atoms with Crippen molar-refractivity contribution in [2.24, 2.45) is 5.73 Å². The summed E-state index contributed by atoms with van der Waals surface area (Å²) in [5, 5.41) is -0.0352. The normalized spacial score (nSPS) is 30.5. The Bertz CT molecular complexity index is 584. The van der Waals surface area contributed by atoms with Crippen LogP contribution in [-0.4, -0.2) is 38.5 Å². The monoisotopic (exact) mass is 313 g/mol. The van der Waals surface area contributed by atoms with Crippen molar-refractivity contribution in [3.63, 3.8) is 0 Å². The lowest BCUT2D eigenvalue weighted by molar-refractivity contribution is 0.0535. The lowest BCUT2D eigenvalue weighted by Crippen LogP contribution is -2.55. The van der Waals surface area contributed by atoms with E-state index in [0.29, 0.717) is 17.8 Å². The predicted octanol–water partition coefficient (Wildman–Crippen LogP) is 1.03. The number of nitrogens with zero attached hydrogens (tertiary/aromatic N) is 1. The molecular formula is C14H23N3O3S. The number of furan rings is 1. The summed E-state index contributed by atoms with van der Waals surface area (Å²) in [6.07, 6.45) is 5.30. The number of nitrogens with two attached hydrogens (primary N) is 1. The molecular weight excluding hydrogens is 290 g/mol. The second-order valence-electron chi connectivity index (χ2n) is 6.12. The van der Waals surface area contributed by atoms with Crippen LogP contribution in [0.2, 0.25) is 0 Å². The standard InChI is InChI=1S/C14H23N3O3S/c1-17-11-3-2-4-12(17)8-10(7-11)16-21(18,19)14-6-5-13(9-15)20-14/h5-6,10-12,16H,2-4,7-9,15H2,1H3. The maximum atomic E-state index is 12.4. The molecule has 0 saturated carbocycles. The van der Waals surface area contributed by atoms with Crippen LogP contribution in [0.4, 0.5) is 0 Å². The Balaban J connectivity index is 1.71. The van der Waals surface area contributed by atoms with Gasteiger partial charge in [0.15, 0.2) is 0 Å². The summed E-state index contributed by atoms with van der Waals surface area (Å²) >= 11 is 0. The molecule has 0 aromatic carbocycles. The lowest BCUT2D eigenvalue weighted by Gasteiger charge is -2.47. The highest BCUT2D eigenvalue weighted by Crippen LogP contribution is 2.33. The highest BCUT2D eigenvalue weighted by atomic mass is 32.2. The maximum Gasteiger partial charge on any atom is 0.274 e. The Morgan fingerprint density at radius 2 is 2.00 bits per heavy atom. The molecule has 2 atom stereocenters. The number of hydrogen-bond donors (Lipinski definition) is 2. The molecule has 1 aromatic rings. The van der Waals surface area contributed by atoms with Gasteiger partial charge < -0.3 is 15.1 Å². The first-order valence-corrected chi connectivity index (χ1v) is 9.01. The third-order valence-corrected chi connectivity index (χ3v) is 6.16. The van der Waals surface area contributed by atoms with Gasteiger partial charge in [-0.2, -0.15) is 0 Å². The van der Waals surface area contributed by atoms with Crippen LogP contribution in [0.3, 0.4) is 0 Å². The zero-order chi connectivity index (χ0) is 15.0. The molecule has 1 aromatic heterocycles. The van der Waals surface area contributed by atoms with Crippen LogP contribution in [0.5, 0.6) is 0 Å². The van der Waals surface area contributed by atoms with Gasteiger partial charge in [-0.1, -0.05) is 6.42 Å². The molecule has 2 saturated heterocycles. The minimum absolute atomic E-state index is 0.00655. The fourth-order valence-electron chi connectivity index (χ4n) is 3.60. The summed E-state index contributed by atoms with van der Waals surface area (Å²) in [4.78, 5) is 2.41. The van der Waals surface area contributed by atoms with Crippen LogP contribution < -0.4 is 10.5 Å². The van der Waals surface area contributed by atoms with E-state index in [4.69, 9.17) is 10.2 Å². The van der Waals surface area contributed by atoms with Gasteiger partial charge in [-0.25, -0.2) is 13.1 Å². The van der Waals surface area contributed by atoms with Crippen molar-refractivity contribution in [1.82, 2.24) is 9.62 Å². The van der Waals surface area contributed by atoms with Gasteiger partial charge in [-0.05, 0) is 44.9 Å². The number of rotatable bonds is 4. The van der Waals surface area contributed by atoms with E-state index in [1.165, 1.54) is 12.5 Å². The van der Waals surface area contributed by atoms with Crippen LogP contribution in [0.25, 0.3) is 0 Å². The second kappa shape index (κ2) is 5.72. The van der Waals surface area contributed by atoms with Gasteiger partial charge in [-0.15, -0.1) is 0 Å². The van der Waals surface area contributed by atoms with Crippen molar-refractivity contribution < 1.29 is 12.8 Å². The number of hydrogen-bond acceptors (Lipinski definition) is 5. The molecule has 0 radical (unpaired) electrons. The average Bonchev–Trinajstić information content (AvgIpc) is 2.89. The average molecular weight is 313 g/mol. The van der Waals surface area contributed by atoms with E-state index in [-0.39, 0.29) is 17.7 Å². The fraction of sp³-hybridized carbons (Fsp3) is 0.714. The van der Waals surface area contributed by atoms with E-state index in [1.807, 2.05) is 0 Å². The van der Waals surface area contributed by atoms with E-state index in [9.17, 15) is 8.42 Å². The molecule has 21 heavy (non-hydrogen) atoms. The Morgan fingerprint density at radius 1 is 1.33 bits per heavy atom. The Hall–Kier alpha value is -0.890. The van der Waals surface area contributed by atoms with Crippen molar-refractivity contribution in [1.29, 1.82) is 0 Å². The zero-order valence-electron chi connectivity index (χ0n) is 12.3. The van der Waals surface area contributed by atoms with Gasteiger partial charge in [0.1, 0.15) is 5.76 Å². The molecule has 0 aliphatic carbocycles. The first kappa shape index (κ1) is 15.0. The minimum Gasteiger partial charge on any atom is -0.447 e. The SMILES string of the molecule is CN1C2CCCC1CC(NS(=O)(=O)c1ccc(CN)o1)C2.